The molecule has 1 aromatic rings. The number of carbonyl (C=O) groups excluding carboxylic acids is 1. The molecule has 0 aliphatic carbocycles. The topological polar surface area (TPSA) is 60.4 Å². The molecule has 0 unspecified atom stereocenters. The average molecular weight is 349 g/mol. The van der Waals surface area contributed by atoms with E-state index in [1.54, 1.807) is 6.07 Å². The number of hydrogen-bond acceptors (Lipinski definition) is 4. The summed E-state index contributed by atoms with van der Waals surface area (Å²) in [5, 5.41) is 0. The highest BCUT2D eigenvalue weighted by Crippen LogP contribution is 2.26. The Morgan fingerprint density at radius 1 is 1.32 bits per heavy atom. The van der Waals surface area contributed by atoms with E-state index >= 15 is 0 Å². The monoisotopic (exact) mass is 348 g/mol. The second-order valence-electron chi connectivity index (χ2n) is 4.26. The van der Waals surface area contributed by atoms with E-state index in [1.807, 2.05) is 19.9 Å². The number of benzene rings is 1. The molecule has 1 rings (SSSR count). The summed E-state index contributed by atoms with van der Waals surface area (Å²) in [6.45, 7) is 3.70. The summed E-state index contributed by atoms with van der Waals surface area (Å²) in [5.74, 6) is 0.579. The van der Waals surface area contributed by atoms with Gasteiger partial charge in [0.05, 0.1) is 17.1 Å². The number of carbonyl (C=O) groups is 1. The molecule has 0 heterocycles. The lowest BCUT2D eigenvalue weighted by Crippen LogP contribution is -2.17. The molecule has 0 aliphatic heterocycles. The van der Waals surface area contributed by atoms with Crippen molar-refractivity contribution < 1.29 is 17.9 Å². The van der Waals surface area contributed by atoms with Crippen LogP contribution in [0.2, 0.25) is 0 Å². The van der Waals surface area contributed by atoms with Crippen LogP contribution in [0.3, 0.4) is 0 Å². The molecule has 0 N–H and O–H groups in total. The van der Waals surface area contributed by atoms with Crippen LogP contribution in [0.15, 0.2) is 16.6 Å². The summed E-state index contributed by atoms with van der Waals surface area (Å²) < 4.78 is 29.4. The van der Waals surface area contributed by atoms with Gasteiger partial charge in [-0.05, 0) is 31.0 Å². The van der Waals surface area contributed by atoms with Gasteiger partial charge in [-0.25, -0.2) is 8.42 Å². The zero-order valence-corrected chi connectivity index (χ0v) is 13.4. The van der Waals surface area contributed by atoms with Crippen LogP contribution in [0.1, 0.15) is 29.3 Å². The van der Waals surface area contributed by atoms with Crippen molar-refractivity contribution in [3.8, 4) is 5.75 Å². The normalized spacial score (nSPS) is 11.3. The van der Waals surface area contributed by atoms with Crippen LogP contribution in [0, 0.1) is 6.92 Å². The van der Waals surface area contributed by atoms with Gasteiger partial charge in [-0.2, -0.15) is 0 Å². The second kappa shape index (κ2) is 7.05. The molecule has 6 heteroatoms. The molecule has 4 nitrogen and oxygen atoms in total. The lowest BCUT2D eigenvalue weighted by Gasteiger charge is -2.12. The van der Waals surface area contributed by atoms with Crippen molar-refractivity contribution in [1.29, 1.82) is 0 Å². The number of hydrogen-bond donors (Lipinski definition) is 0. The van der Waals surface area contributed by atoms with E-state index in [0.717, 1.165) is 10.0 Å². The maximum absolute atomic E-state index is 11.6. The van der Waals surface area contributed by atoms with E-state index in [1.165, 1.54) is 0 Å². The van der Waals surface area contributed by atoms with Gasteiger partial charge in [-0.15, -0.1) is 0 Å². The van der Waals surface area contributed by atoms with Gasteiger partial charge in [-0.3, -0.25) is 4.79 Å². The summed E-state index contributed by atoms with van der Waals surface area (Å²) in [6.07, 6.45) is 1.30. The van der Waals surface area contributed by atoms with E-state index in [-0.39, 0.29) is 18.1 Å². The van der Waals surface area contributed by atoms with Crippen LogP contribution in [0.25, 0.3) is 0 Å². The van der Waals surface area contributed by atoms with Crippen LogP contribution in [-0.4, -0.2) is 32.8 Å². The zero-order valence-electron chi connectivity index (χ0n) is 11.0. The summed E-state index contributed by atoms with van der Waals surface area (Å²) in [7, 11) is -3.06. The first-order chi connectivity index (χ1) is 8.89. The van der Waals surface area contributed by atoms with Crippen molar-refractivity contribution in [2.45, 2.75) is 20.3 Å². The summed E-state index contributed by atoms with van der Waals surface area (Å²) in [5.41, 5.74) is 1.21. The van der Waals surface area contributed by atoms with Crippen LogP contribution in [0.5, 0.6) is 5.75 Å². The third-order valence-corrected chi connectivity index (χ3v) is 4.83. The zero-order chi connectivity index (χ0) is 14.5. The predicted octanol–water partition coefficient (Wildman–Crippen LogP) is 2.77. The fourth-order valence-electron chi connectivity index (χ4n) is 1.72. The van der Waals surface area contributed by atoms with Crippen molar-refractivity contribution >= 4 is 32.1 Å². The summed E-state index contributed by atoms with van der Waals surface area (Å²) >= 11 is 3.30. The van der Waals surface area contributed by atoms with Crippen LogP contribution < -0.4 is 4.74 Å². The third-order valence-electron chi connectivity index (χ3n) is 2.55. The molecule has 0 aliphatic rings. The van der Waals surface area contributed by atoms with Gasteiger partial charge < -0.3 is 4.74 Å². The highest BCUT2D eigenvalue weighted by Gasteiger charge is 2.12. The smallest absolute Gasteiger partial charge is 0.153 e. The Labute approximate surface area is 122 Å². The Bertz CT molecular complexity index is 552. The minimum Gasteiger partial charge on any atom is -0.492 e. The predicted molar refractivity (Wildman–Crippen MR) is 78.7 cm³/mol. The average Bonchev–Trinajstić information content (AvgIpc) is 2.31. The maximum Gasteiger partial charge on any atom is 0.153 e. The number of aldehydes is 1. The van der Waals surface area contributed by atoms with E-state index in [9.17, 15) is 13.2 Å². The number of ether oxygens (including phenoxy) is 1. The lowest BCUT2D eigenvalue weighted by molar-refractivity contribution is 0.111. The van der Waals surface area contributed by atoms with Crippen molar-refractivity contribution in [3.05, 3.63) is 27.7 Å². The lowest BCUT2D eigenvalue weighted by atomic mass is 10.1. The third kappa shape index (κ3) is 4.95. The Morgan fingerprint density at radius 2 is 2.00 bits per heavy atom. The van der Waals surface area contributed by atoms with E-state index in [2.05, 4.69) is 15.9 Å². The molecule has 0 atom stereocenters. The molecule has 0 saturated carbocycles. The standard InChI is InChI=1S/C13H17BrO4S/c1-3-5-19(16,17)6-4-18-13-10(2)7-12(14)8-11(13)9-15/h7-9H,3-6H2,1-2H3. The molecule has 19 heavy (non-hydrogen) atoms. The molecule has 0 bridgehead atoms. The Hall–Kier alpha value is -0.880. The Balaban J connectivity index is 2.76. The van der Waals surface area contributed by atoms with Crippen LogP contribution in [0.4, 0.5) is 0 Å². The SMILES string of the molecule is CCCS(=O)(=O)CCOc1c(C)cc(Br)cc1C=O. The molecule has 0 saturated heterocycles. The van der Waals surface area contributed by atoms with E-state index < -0.39 is 9.84 Å². The van der Waals surface area contributed by atoms with Crippen molar-refractivity contribution in [2.75, 3.05) is 18.1 Å². The fraction of sp³-hybridized carbons (Fsp3) is 0.462. The molecule has 0 spiro atoms. The van der Waals surface area contributed by atoms with Gasteiger partial charge in [-0.1, -0.05) is 22.9 Å². The molecule has 0 fully saturated rings. The van der Waals surface area contributed by atoms with Crippen LogP contribution >= 0.6 is 15.9 Å². The molecule has 0 radical (unpaired) electrons. The van der Waals surface area contributed by atoms with Gasteiger partial charge >= 0.3 is 0 Å². The quantitative estimate of drug-likeness (QED) is 0.711. The molecule has 0 aromatic heterocycles. The first-order valence-corrected chi connectivity index (χ1v) is 8.59. The van der Waals surface area contributed by atoms with Gasteiger partial charge in [0.15, 0.2) is 16.1 Å². The van der Waals surface area contributed by atoms with Crippen molar-refractivity contribution in [2.24, 2.45) is 0 Å². The maximum atomic E-state index is 11.6. The van der Waals surface area contributed by atoms with E-state index in [0.29, 0.717) is 24.0 Å². The van der Waals surface area contributed by atoms with Gasteiger partial charge in [0.25, 0.3) is 0 Å². The van der Waals surface area contributed by atoms with Gasteiger partial charge in [0, 0.05) is 4.47 Å². The number of aryl methyl sites for hydroxylation is 1. The Kier molecular flexibility index (Phi) is 6.00. The number of halogens is 1. The minimum absolute atomic E-state index is 0.0331. The minimum atomic E-state index is -3.06. The first-order valence-electron chi connectivity index (χ1n) is 5.98. The van der Waals surface area contributed by atoms with Crippen LogP contribution in [-0.2, 0) is 9.84 Å². The fourth-order valence-corrected chi connectivity index (χ4v) is 3.48. The molecule has 106 valence electrons. The van der Waals surface area contributed by atoms with Crippen molar-refractivity contribution in [1.82, 2.24) is 0 Å². The molecule has 0 amide bonds. The Morgan fingerprint density at radius 3 is 2.58 bits per heavy atom. The highest BCUT2D eigenvalue weighted by atomic mass is 79.9. The summed E-state index contributed by atoms with van der Waals surface area (Å²) in [4.78, 5) is 11.0. The number of sulfone groups is 1. The van der Waals surface area contributed by atoms with Gasteiger partial charge in [0.1, 0.15) is 12.4 Å². The largest absolute Gasteiger partial charge is 0.492 e. The molecular weight excluding hydrogens is 332 g/mol. The number of rotatable bonds is 7. The molecule has 1 aromatic carbocycles. The van der Waals surface area contributed by atoms with Gasteiger partial charge in [0.2, 0.25) is 0 Å². The van der Waals surface area contributed by atoms with Crippen molar-refractivity contribution in [3.63, 3.8) is 0 Å². The first kappa shape index (κ1) is 16.2. The van der Waals surface area contributed by atoms with E-state index in [4.69, 9.17) is 4.74 Å². The highest BCUT2D eigenvalue weighted by molar-refractivity contribution is 9.10. The second-order valence-corrected chi connectivity index (χ2v) is 7.48. The summed E-state index contributed by atoms with van der Waals surface area (Å²) in [6, 6.07) is 3.47. The molecular formula is C13H17BrO4S.